The first-order chi connectivity index (χ1) is 9.86. The molecule has 0 bridgehead atoms. The Morgan fingerprint density at radius 1 is 0.600 bits per heavy atom. The highest BCUT2D eigenvalue weighted by Gasteiger charge is 1.80. The zero-order valence-electron chi connectivity index (χ0n) is 11.3. The van der Waals surface area contributed by atoms with Gasteiger partial charge in [0.1, 0.15) is 0 Å². The molecule has 2 aromatic rings. The fourth-order valence-electron chi connectivity index (χ4n) is 1.49. The minimum absolute atomic E-state index is 0.578. The normalized spacial score (nSPS) is 10.5. The summed E-state index contributed by atoms with van der Waals surface area (Å²) in [6.45, 7) is 0. The van der Waals surface area contributed by atoms with Gasteiger partial charge in [0.15, 0.2) is 0 Å². The van der Waals surface area contributed by atoms with Crippen LogP contribution in [-0.4, -0.2) is 11.8 Å². The summed E-state index contributed by atoms with van der Waals surface area (Å²) in [6, 6.07) is 20.2. The molecule has 0 saturated heterocycles. The van der Waals surface area contributed by atoms with Gasteiger partial charge in [0, 0.05) is 11.8 Å². The van der Waals surface area contributed by atoms with Crippen LogP contribution in [0.5, 0.6) is 0 Å². The van der Waals surface area contributed by atoms with Gasteiger partial charge in [0.25, 0.3) is 0 Å². The van der Waals surface area contributed by atoms with Gasteiger partial charge in [-0.15, -0.1) is 23.2 Å². The summed E-state index contributed by atoms with van der Waals surface area (Å²) >= 11 is 10.9. The maximum atomic E-state index is 5.46. The predicted molar refractivity (Wildman–Crippen MR) is 92.4 cm³/mol. The molecule has 2 rings (SSSR count). The number of hydrogen-bond donors (Lipinski definition) is 0. The Hall–Kier alpha value is -1.50. The molecule has 0 aliphatic carbocycles. The van der Waals surface area contributed by atoms with Crippen molar-refractivity contribution in [1.82, 2.24) is 0 Å². The molecule has 0 amide bonds. The van der Waals surface area contributed by atoms with Crippen LogP contribution >= 0.6 is 23.2 Å². The van der Waals surface area contributed by atoms with Crippen LogP contribution < -0.4 is 0 Å². The van der Waals surface area contributed by atoms with E-state index < -0.39 is 0 Å². The molecule has 0 heterocycles. The first-order valence-corrected chi connectivity index (χ1v) is 7.49. The van der Waals surface area contributed by atoms with Crippen molar-refractivity contribution in [3.05, 3.63) is 83.9 Å². The third-order valence-corrected chi connectivity index (χ3v) is 2.75. The predicted octanol–water partition coefficient (Wildman–Crippen LogP) is 5.88. The van der Waals surface area contributed by atoms with Crippen LogP contribution in [0, 0.1) is 0 Å². The lowest BCUT2D eigenvalue weighted by Crippen LogP contribution is -1.67. The molecule has 0 aromatic heterocycles. The SMILES string of the molecule is ClCC=Cc1ccccc1.ClCC=Cc1ccccc1. The van der Waals surface area contributed by atoms with Crippen molar-refractivity contribution in [3.63, 3.8) is 0 Å². The molecule has 2 aromatic carbocycles. The fraction of sp³-hybridized carbons (Fsp3) is 0.111. The van der Waals surface area contributed by atoms with E-state index >= 15 is 0 Å². The van der Waals surface area contributed by atoms with Crippen molar-refractivity contribution < 1.29 is 0 Å². The smallest absolute Gasteiger partial charge is 0.0407 e. The van der Waals surface area contributed by atoms with E-state index in [1.54, 1.807) is 0 Å². The number of halogens is 2. The van der Waals surface area contributed by atoms with Crippen LogP contribution in [0.1, 0.15) is 11.1 Å². The van der Waals surface area contributed by atoms with Crippen molar-refractivity contribution >= 4 is 35.4 Å². The highest BCUT2D eigenvalue weighted by atomic mass is 35.5. The van der Waals surface area contributed by atoms with Crippen LogP contribution in [0.3, 0.4) is 0 Å². The summed E-state index contributed by atoms with van der Waals surface area (Å²) < 4.78 is 0. The van der Waals surface area contributed by atoms with Crippen molar-refractivity contribution in [2.24, 2.45) is 0 Å². The Kier molecular flexibility index (Phi) is 9.38. The van der Waals surface area contributed by atoms with Gasteiger partial charge in [-0.25, -0.2) is 0 Å². The summed E-state index contributed by atoms with van der Waals surface area (Å²) in [5.74, 6) is 1.16. The lowest BCUT2D eigenvalue weighted by atomic mass is 10.2. The summed E-state index contributed by atoms with van der Waals surface area (Å²) in [5, 5.41) is 0. The Bertz CT molecular complexity index is 452. The molecule has 0 radical (unpaired) electrons. The van der Waals surface area contributed by atoms with E-state index in [2.05, 4.69) is 0 Å². The van der Waals surface area contributed by atoms with E-state index in [1.807, 2.05) is 85.0 Å². The highest BCUT2D eigenvalue weighted by molar-refractivity contribution is 6.19. The number of alkyl halides is 2. The Labute approximate surface area is 131 Å². The molecule has 0 nitrogen and oxygen atoms in total. The van der Waals surface area contributed by atoms with E-state index in [0.29, 0.717) is 11.8 Å². The number of hydrogen-bond acceptors (Lipinski definition) is 0. The van der Waals surface area contributed by atoms with Crippen molar-refractivity contribution in [2.75, 3.05) is 11.8 Å². The first-order valence-electron chi connectivity index (χ1n) is 6.42. The molecule has 0 aliphatic heterocycles. The third-order valence-electron chi connectivity index (χ3n) is 2.40. The van der Waals surface area contributed by atoms with Crippen LogP contribution in [0.15, 0.2) is 72.8 Å². The molecule has 0 fully saturated rings. The zero-order valence-corrected chi connectivity index (χ0v) is 12.8. The van der Waals surface area contributed by atoms with Gasteiger partial charge in [-0.05, 0) is 11.1 Å². The Morgan fingerprint density at radius 2 is 0.950 bits per heavy atom. The number of allylic oxidation sites excluding steroid dienone is 2. The van der Waals surface area contributed by atoms with E-state index in [-0.39, 0.29) is 0 Å². The van der Waals surface area contributed by atoms with Crippen LogP contribution in [0.2, 0.25) is 0 Å². The fourth-order valence-corrected chi connectivity index (χ4v) is 1.67. The van der Waals surface area contributed by atoms with Gasteiger partial charge < -0.3 is 0 Å². The lowest BCUT2D eigenvalue weighted by Gasteiger charge is -1.87. The second kappa shape index (κ2) is 11.3. The topological polar surface area (TPSA) is 0 Å². The van der Waals surface area contributed by atoms with Crippen molar-refractivity contribution in [3.8, 4) is 0 Å². The molecule has 0 saturated carbocycles. The van der Waals surface area contributed by atoms with Crippen LogP contribution in [0.25, 0.3) is 12.2 Å². The molecule has 0 unspecified atom stereocenters. The molecular formula is C18H18Cl2. The minimum atomic E-state index is 0.578. The van der Waals surface area contributed by atoms with E-state index in [9.17, 15) is 0 Å². The van der Waals surface area contributed by atoms with Crippen LogP contribution in [0.4, 0.5) is 0 Å². The quantitative estimate of drug-likeness (QED) is 0.619. The monoisotopic (exact) mass is 304 g/mol. The van der Waals surface area contributed by atoms with Crippen molar-refractivity contribution in [2.45, 2.75) is 0 Å². The van der Waals surface area contributed by atoms with Crippen molar-refractivity contribution in [1.29, 1.82) is 0 Å². The van der Waals surface area contributed by atoms with Gasteiger partial charge in [0.2, 0.25) is 0 Å². The van der Waals surface area contributed by atoms with Gasteiger partial charge in [-0.1, -0.05) is 85.0 Å². The van der Waals surface area contributed by atoms with E-state index in [1.165, 1.54) is 11.1 Å². The summed E-state index contributed by atoms with van der Waals surface area (Å²) in [5.41, 5.74) is 2.39. The second-order valence-corrected chi connectivity index (χ2v) is 4.55. The first kappa shape index (κ1) is 16.6. The average molecular weight is 305 g/mol. The van der Waals surface area contributed by atoms with Gasteiger partial charge in [-0.2, -0.15) is 0 Å². The summed E-state index contributed by atoms with van der Waals surface area (Å²) in [4.78, 5) is 0. The summed E-state index contributed by atoms with van der Waals surface area (Å²) in [7, 11) is 0. The minimum Gasteiger partial charge on any atom is -0.122 e. The second-order valence-electron chi connectivity index (χ2n) is 3.93. The molecule has 0 atom stereocenters. The van der Waals surface area contributed by atoms with Crippen LogP contribution in [-0.2, 0) is 0 Å². The molecule has 2 heteroatoms. The standard InChI is InChI=1S/2C9H9Cl/c2*10-8-4-7-9-5-2-1-3-6-9/h2*1-7H,8H2. The average Bonchev–Trinajstić information content (AvgIpc) is 2.53. The summed E-state index contributed by atoms with van der Waals surface area (Å²) in [6.07, 6.45) is 7.87. The molecule has 0 N–H and O–H groups in total. The van der Waals surface area contributed by atoms with E-state index in [4.69, 9.17) is 23.2 Å². The maximum Gasteiger partial charge on any atom is 0.0407 e. The maximum absolute atomic E-state index is 5.46. The third kappa shape index (κ3) is 7.83. The zero-order chi connectivity index (χ0) is 14.5. The molecule has 20 heavy (non-hydrogen) atoms. The highest BCUT2D eigenvalue weighted by Crippen LogP contribution is 2.01. The number of benzene rings is 2. The lowest BCUT2D eigenvalue weighted by molar-refractivity contribution is 1.65. The van der Waals surface area contributed by atoms with Gasteiger partial charge >= 0.3 is 0 Å². The molecule has 0 aliphatic rings. The number of rotatable bonds is 4. The Morgan fingerprint density at radius 3 is 1.25 bits per heavy atom. The van der Waals surface area contributed by atoms with Gasteiger partial charge in [0.05, 0.1) is 0 Å². The molecule has 104 valence electrons. The Balaban J connectivity index is 0.000000200. The largest absolute Gasteiger partial charge is 0.122 e. The van der Waals surface area contributed by atoms with Gasteiger partial charge in [-0.3, -0.25) is 0 Å². The molecule has 0 spiro atoms. The van der Waals surface area contributed by atoms with E-state index in [0.717, 1.165) is 0 Å². The molecular weight excluding hydrogens is 287 g/mol.